The predicted octanol–water partition coefficient (Wildman–Crippen LogP) is 3.75. The predicted molar refractivity (Wildman–Crippen MR) is 89.2 cm³/mol. The summed E-state index contributed by atoms with van der Waals surface area (Å²) in [4.78, 5) is 22.1. The first-order valence-corrected chi connectivity index (χ1v) is 7.77. The van der Waals surface area contributed by atoms with Crippen molar-refractivity contribution in [1.29, 1.82) is 0 Å². The van der Waals surface area contributed by atoms with Crippen molar-refractivity contribution in [2.45, 2.75) is 13.0 Å². The molecule has 0 spiro atoms. The van der Waals surface area contributed by atoms with Crippen LogP contribution < -0.4 is 10.1 Å². The summed E-state index contributed by atoms with van der Waals surface area (Å²) in [7, 11) is 0. The van der Waals surface area contributed by atoms with Crippen molar-refractivity contribution in [2.24, 2.45) is 0 Å². The number of nitrogens with zero attached hydrogens (tertiary/aromatic N) is 1. The molecule has 24 heavy (non-hydrogen) atoms. The lowest BCUT2D eigenvalue weighted by molar-refractivity contribution is -0.385. The molecule has 2 aromatic carbocycles. The highest BCUT2D eigenvalue weighted by Gasteiger charge is 2.17. The lowest BCUT2D eigenvalue weighted by Gasteiger charge is -2.15. The molecule has 0 heterocycles. The second kappa shape index (κ2) is 7.87. The van der Waals surface area contributed by atoms with Gasteiger partial charge in [0.25, 0.3) is 5.91 Å². The van der Waals surface area contributed by atoms with Gasteiger partial charge in [0.2, 0.25) is 5.75 Å². The van der Waals surface area contributed by atoms with Crippen LogP contribution in [0.3, 0.4) is 0 Å². The van der Waals surface area contributed by atoms with E-state index in [1.54, 1.807) is 6.92 Å². The zero-order valence-electron chi connectivity index (χ0n) is 12.7. The lowest BCUT2D eigenvalue weighted by Crippen LogP contribution is -2.31. The third-order valence-electron chi connectivity index (χ3n) is 3.22. The molecule has 0 fully saturated rings. The third kappa shape index (κ3) is 4.76. The van der Waals surface area contributed by atoms with Crippen LogP contribution in [0, 0.1) is 15.9 Å². The van der Waals surface area contributed by atoms with Crippen LogP contribution in [0.25, 0.3) is 0 Å². The molecule has 1 unspecified atom stereocenters. The van der Waals surface area contributed by atoms with Gasteiger partial charge in [-0.25, -0.2) is 4.39 Å². The fourth-order valence-electron chi connectivity index (χ4n) is 2.02. The molecule has 1 N–H and O–H groups in total. The van der Waals surface area contributed by atoms with Gasteiger partial charge >= 0.3 is 5.69 Å². The van der Waals surface area contributed by atoms with Crippen molar-refractivity contribution < 1.29 is 18.8 Å². The van der Waals surface area contributed by atoms with Crippen molar-refractivity contribution in [3.05, 3.63) is 68.4 Å². The van der Waals surface area contributed by atoms with Crippen molar-refractivity contribution >= 4 is 27.5 Å². The third-order valence-corrected chi connectivity index (χ3v) is 3.75. The van der Waals surface area contributed by atoms with Gasteiger partial charge in [-0.05, 0) is 30.7 Å². The molecule has 0 aliphatic heterocycles. The smallest absolute Gasteiger partial charge is 0.311 e. The molecule has 0 saturated heterocycles. The lowest BCUT2D eigenvalue weighted by atomic mass is 10.1. The highest BCUT2D eigenvalue weighted by Crippen LogP contribution is 2.27. The number of benzene rings is 2. The van der Waals surface area contributed by atoms with E-state index in [2.05, 4.69) is 21.2 Å². The number of ether oxygens (including phenoxy) is 1. The molecule has 126 valence electrons. The molecular formula is C16H14BrFN2O4. The molecule has 1 atom stereocenters. The van der Waals surface area contributed by atoms with E-state index in [9.17, 15) is 19.3 Å². The van der Waals surface area contributed by atoms with Gasteiger partial charge in [-0.2, -0.15) is 0 Å². The molecule has 6 nitrogen and oxygen atoms in total. The summed E-state index contributed by atoms with van der Waals surface area (Å²) in [5.74, 6) is -1.44. The van der Waals surface area contributed by atoms with Crippen molar-refractivity contribution in [1.82, 2.24) is 5.32 Å². The molecule has 0 aliphatic rings. The maximum absolute atomic E-state index is 13.2. The second-order valence-electron chi connectivity index (χ2n) is 5.00. The van der Waals surface area contributed by atoms with Gasteiger partial charge < -0.3 is 10.1 Å². The van der Waals surface area contributed by atoms with Gasteiger partial charge in [-0.15, -0.1) is 0 Å². The zero-order valence-corrected chi connectivity index (χ0v) is 14.2. The SMILES string of the molecule is CC(NC(=O)COc1cc(F)ccc1[N+](=O)[O-])c1ccc(Br)cc1. The largest absolute Gasteiger partial charge is 0.477 e. The summed E-state index contributed by atoms with van der Waals surface area (Å²) in [6.45, 7) is 1.34. The van der Waals surface area contributed by atoms with E-state index in [4.69, 9.17) is 4.74 Å². The Balaban J connectivity index is 1.97. The molecular weight excluding hydrogens is 383 g/mol. The number of nitro groups is 1. The molecule has 2 aromatic rings. The van der Waals surface area contributed by atoms with Crippen molar-refractivity contribution in [2.75, 3.05) is 6.61 Å². The van der Waals surface area contributed by atoms with E-state index in [1.165, 1.54) is 0 Å². The van der Waals surface area contributed by atoms with Gasteiger partial charge in [0.15, 0.2) is 6.61 Å². The summed E-state index contributed by atoms with van der Waals surface area (Å²) >= 11 is 3.33. The van der Waals surface area contributed by atoms with Crippen LogP contribution in [0.2, 0.25) is 0 Å². The first-order valence-electron chi connectivity index (χ1n) is 6.98. The van der Waals surface area contributed by atoms with Crippen LogP contribution in [0.15, 0.2) is 46.9 Å². The Morgan fingerprint density at radius 1 is 1.33 bits per heavy atom. The first-order chi connectivity index (χ1) is 11.4. The number of nitrogens with one attached hydrogen (secondary N) is 1. The standard InChI is InChI=1S/C16H14BrFN2O4/c1-10(11-2-4-12(17)5-3-11)19-16(21)9-24-15-8-13(18)6-7-14(15)20(22)23/h2-8,10H,9H2,1H3,(H,19,21). The highest BCUT2D eigenvalue weighted by atomic mass is 79.9. The van der Waals surface area contributed by atoms with E-state index in [0.29, 0.717) is 0 Å². The normalized spacial score (nSPS) is 11.6. The van der Waals surface area contributed by atoms with Crippen molar-refractivity contribution in [3.8, 4) is 5.75 Å². The molecule has 0 saturated carbocycles. The molecule has 0 bridgehead atoms. The first kappa shape index (κ1) is 17.9. The molecule has 0 aliphatic carbocycles. The second-order valence-corrected chi connectivity index (χ2v) is 5.91. The number of carbonyl (C=O) groups excluding carboxylic acids is 1. The average molecular weight is 397 g/mol. The Labute approximate surface area is 145 Å². The van der Waals surface area contributed by atoms with E-state index in [-0.39, 0.29) is 11.8 Å². The number of halogens is 2. The number of nitro benzene ring substituents is 1. The Bertz CT molecular complexity index is 752. The van der Waals surface area contributed by atoms with Crippen LogP contribution in [0.1, 0.15) is 18.5 Å². The van der Waals surface area contributed by atoms with Crippen molar-refractivity contribution in [3.63, 3.8) is 0 Å². The number of hydrogen-bond donors (Lipinski definition) is 1. The monoisotopic (exact) mass is 396 g/mol. The van der Waals surface area contributed by atoms with Crippen LogP contribution in [0.4, 0.5) is 10.1 Å². The Morgan fingerprint density at radius 2 is 2.00 bits per heavy atom. The quantitative estimate of drug-likeness (QED) is 0.595. The number of amides is 1. The van der Waals surface area contributed by atoms with E-state index >= 15 is 0 Å². The number of carbonyl (C=O) groups is 1. The van der Waals surface area contributed by atoms with E-state index < -0.39 is 28.9 Å². The Hall–Kier alpha value is -2.48. The topological polar surface area (TPSA) is 81.5 Å². The summed E-state index contributed by atoms with van der Waals surface area (Å²) < 4.78 is 19.2. The molecule has 0 radical (unpaired) electrons. The molecule has 2 rings (SSSR count). The van der Waals surface area contributed by atoms with Gasteiger partial charge in [-0.3, -0.25) is 14.9 Å². The van der Waals surface area contributed by atoms with Crippen LogP contribution >= 0.6 is 15.9 Å². The maximum Gasteiger partial charge on any atom is 0.311 e. The Kier molecular flexibility index (Phi) is 5.86. The van der Waals surface area contributed by atoms with Gasteiger partial charge in [0.1, 0.15) is 5.82 Å². The van der Waals surface area contributed by atoms with Crippen LogP contribution in [-0.2, 0) is 4.79 Å². The highest BCUT2D eigenvalue weighted by molar-refractivity contribution is 9.10. The average Bonchev–Trinajstić information content (AvgIpc) is 2.53. The minimum atomic E-state index is -0.697. The zero-order chi connectivity index (χ0) is 17.7. The van der Waals surface area contributed by atoms with Gasteiger partial charge in [0.05, 0.1) is 11.0 Å². The summed E-state index contributed by atoms with van der Waals surface area (Å²) in [6, 6.07) is 9.98. The van der Waals surface area contributed by atoms with Gasteiger partial charge in [0, 0.05) is 16.6 Å². The summed E-state index contributed by atoms with van der Waals surface area (Å²) in [5.41, 5.74) is 0.494. The van der Waals surface area contributed by atoms with Gasteiger partial charge in [-0.1, -0.05) is 28.1 Å². The number of hydrogen-bond acceptors (Lipinski definition) is 4. The van der Waals surface area contributed by atoms with Crippen LogP contribution in [0.5, 0.6) is 5.75 Å². The number of rotatable bonds is 6. The Morgan fingerprint density at radius 3 is 2.62 bits per heavy atom. The fraction of sp³-hybridized carbons (Fsp3) is 0.188. The van der Waals surface area contributed by atoms with Crippen LogP contribution in [-0.4, -0.2) is 17.4 Å². The fourth-order valence-corrected chi connectivity index (χ4v) is 2.28. The minimum absolute atomic E-state index is 0.267. The minimum Gasteiger partial charge on any atom is -0.477 e. The molecule has 1 amide bonds. The maximum atomic E-state index is 13.2. The van der Waals surface area contributed by atoms with E-state index in [0.717, 1.165) is 28.2 Å². The molecule has 0 aromatic heterocycles. The molecule has 8 heteroatoms. The summed E-state index contributed by atoms with van der Waals surface area (Å²) in [5, 5.41) is 13.6. The van der Waals surface area contributed by atoms with E-state index in [1.807, 2.05) is 24.3 Å². The summed E-state index contributed by atoms with van der Waals surface area (Å²) in [6.07, 6.45) is 0.